The molecule has 0 saturated heterocycles. The minimum atomic E-state index is -0.0114. The molecule has 0 aliphatic rings. The van der Waals surface area contributed by atoms with Gasteiger partial charge in [-0.3, -0.25) is 9.59 Å². The standard InChI is InChI=1S/C9H7IO2/c1-6(11)7-2-4-8(5-3-7)9(10)12/h2-5H,1H3. The van der Waals surface area contributed by atoms with E-state index in [9.17, 15) is 9.59 Å². The highest BCUT2D eigenvalue weighted by molar-refractivity contribution is 14.1. The zero-order valence-corrected chi connectivity index (χ0v) is 8.66. The van der Waals surface area contributed by atoms with Crippen molar-refractivity contribution in [2.75, 3.05) is 0 Å². The predicted octanol–water partition coefficient (Wildman–Crippen LogP) is 2.46. The topological polar surface area (TPSA) is 34.1 Å². The normalized spacial score (nSPS) is 9.50. The average molecular weight is 274 g/mol. The first-order valence-electron chi connectivity index (χ1n) is 3.42. The molecule has 1 rings (SSSR count). The van der Waals surface area contributed by atoms with Crippen LogP contribution in [0, 0.1) is 0 Å². The van der Waals surface area contributed by atoms with Gasteiger partial charge >= 0.3 is 0 Å². The summed E-state index contributed by atoms with van der Waals surface area (Å²) in [7, 11) is 0. The van der Waals surface area contributed by atoms with Crippen LogP contribution in [0.25, 0.3) is 0 Å². The minimum absolute atomic E-state index is 0.0114. The number of carbonyl (C=O) groups excluding carboxylic acids is 2. The summed E-state index contributed by atoms with van der Waals surface area (Å²) in [5.41, 5.74) is 1.26. The van der Waals surface area contributed by atoms with Gasteiger partial charge in [0.25, 0.3) is 0 Å². The molecule has 1 aromatic rings. The van der Waals surface area contributed by atoms with Crippen LogP contribution in [0.5, 0.6) is 0 Å². The van der Waals surface area contributed by atoms with Gasteiger partial charge in [0, 0.05) is 33.7 Å². The lowest BCUT2D eigenvalue weighted by atomic mass is 10.1. The van der Waals surface area contributed by atoms with Gasteiger partial charge in [0.1, 0.15) is 0 Å². The third kappa shape index (κ3) is 2.14. The monoisotopic (exact) mass is 274 g/mol. The molecule has 0 heterocycles. The number of rotatable bonds is 2. The van der Waals surface area contributed by atoms with Crippen LogP contribution in [-0.2, 0) is 0 Å². The Morgan fingerprint density at radius 3 is 1.83 bits per heavy atom. The molecule has 0 N–H and O–H groups in total. The molecule has 2 nitrogen and oxygen atoms in total. The largest absolute Gasteiger partial charge is 0.295 e. The van der Waals surface area contributed by atoms with E-state index in [-0.39, 0.29) is 9.57 Å². The third-order valence-corrected chi connectivity index (χ3v) is 2.14. The van der Waals surface area contributed by atoms with Crippen LogP contribution in [0.3, 0.4) is 0 Å². The molecule has 0 atom stereocenters. The van der Waals surface area contributed by atoms with Crippen molar-refractivity contribution in [2.24, 2.45) is 0 Å². The van der Waals surface area contributed by atoms with E-state index in [4.69, 9.17) is 0 Å². The molecule has 0 unspecified atom stereocenters. The maximum Gasteiger partial charge on any atom is 0.222 e. The van der Waals surface area contributed by atoms with Crippen LogP contribution in [0.1, 0.15) is 27.6 Å². The molecule has 0 aliphatic heterocycles. The van der Waals surface area contributed by atoms with E-state index in [1.54, 1.807) is 46.9 Å². The molecule has 0 aromatic heterocycles. The predicted molar refractivity (Wildman–Crippen MR) is 54.8 cm³/mol. The van der Waals surface area contributed by atoms with E-state index in [0.29, 0.717) is 11.1 Å². The summed E-state index contributed by atoms with van der Waals surface area (Å²) in [6.07, 6.45) is 0. The maximum atomic E-state index is 10.8. The molecule has 3 heteroatoms. The summed E-state index contributed by atoms with van der Waals surface area (Å²) in [6.45, 7) is 1.50. The van der Waals surface area contributed by atoms with E-state index >= 15 is 0 Å². The lowest BCUT2D eigenvalue weighted by Crippen LogP contribution is -1.93. The van der Waals surface area contributed by atoms with Gasteiger partial charge in [-0.1, -0.05) is 12.1 Å². The van der Waals surface area contributed by atoms with Crippen molar-refractivity contribution in [3.05, 3.63) is 35.4 Å². The van der Waals surface area contributed by atoms with Gasteiger partial charge in [-0.25, -0.2) is 0 Å². The number of benzene rings is 1. The van der Waals surface area contributed by atoms with E-state index in [2.05, 4.69) is 0 Å². The maximum absolute atomic E-state index is 10.8. The Hall–Kier alpha value is -0.710. The highest BCUT2D eigenvalue weighted by Gasteiger charge is 2.01. The second-order valence-corrected chi connectivity index (χ2v) is 3.39. The molecule has 0 aliphatic carbocycles. The van der Waals surface area contributed by atoms with Gasteiger partial charge in [0.05, 0.1) is 0 Å². The number of hydrogen-bond acceptors (Lipinski definition) is 2. The van der Waals surface area contributed by atoms with Gasteiger partial charge in [-0.05, 0) is 19.1 Å². The first-order chi connectivity index (χ1) is 5.61. The van der Waals surface area contributed by atoms with Crippen molar-refractivity contribution in [1.82, 2.24) is 0 Å². The van der Waals surface area contributed by atoms with Crippen LogP contribution < -0.4 is 0 Å². The van der Waals surface area contributed by atoms with E-state index in [1.807, 2.05) is 0 Å². The quantitative estimate of drug-likeness (QED) is 0.471. The summed E-state index contributed by atoms with van der Waals surface area (Å²) >= 11 is 1.71. The average Bonchev–Trinajstić information content (AvgIpc) is 2.04. The molecule has 0 bridgehead atoms. The lowest BCUT2D eigenvalue weighted by Gasteiger charge is -1.95. The van der Waals surface area contributed by atoms with Gasteiger partial charge < -0.3 is 0 Å². The van der Waals surface area contributed by atoms with Crippen molar-refractivity contribution in [3.63, 3.8) is 0 Å². The number of halogens is 1. The van der Waals surface area contributed by atoms with Crippen molar-refractivity contribution >= 4 is 32.2 Å². The van der Waals surface area contributed by atoms with Crippen molar-refractivity contribution in [2.45, 2.75) is 6.92 Å². The third-order valence-electron chi connectivity index (χ3n) is 1.52. The van der Waals surface area contributed by atoms with Crippen LogP contribution in [0.15, 0.2) is 24.3 Å². The summed E-state index contributed by atoms with van der Waals surface area (Å²) in [4.78, 5) is 21.7. The first kappa shape index (κ1) is 9.38. The Labute approximate surface area is 84.1 Å². The van der Waals surface area contributed by atoms with Crippen molar-refractivity contribution in [3.8, 4) is 0 Å². The van der Waals surface area contributed by atoms with Crippen LogP contribution in [0.2, 0.25) is 0 Å². The van der Waals surface area contributed by atoms with Gasteiger partial charge in [0.2, 0.25) is 3.79 Å². The molecule has 62 valence electrons. The van der Waals surface area contributed by atoms with Crippen LogP contribution >= 0.6 is 22.6 Å². The van der Waals surface area contributed by atoms with Gasteiger partial charge in [-0.2, -0.15) is 0 Å². The van der Waals surface area contributed by atoms with Gasteiger partial charge in [-0.15, -0.1) is 0 Å². The molecule has 0 radical (unpaired) electrons. The first-order valence-corrected chi connectivity index (χ1v) is 4.50. The molecule has 0 amide bonds. The fourth-order valence-corrected chi connectivity index (χ4v) is 1.20. The number of Topliss-reactive ketones (excluding diaryl/α,β-unsaturated/α-hetero) is 1. The zero-order valence-electron chi connectivity index (χ0n) is 6.50. The molecular formula is C9H7IO2. The summed E-state index contributed by atoms with van der Waals surface area (Å²) in [5.74, 6) is 0.0162. The second-order valence-electron chi connectivity index (χ2n) is 2.41. The SMILES string of the molecule is CC(=O)c1ccc(C(=O)I)cc1. The lowest BCUT2D eigenvalue weighted by molar-refractivity contribution is 0.101. The number of hydrogen-bond donors (Lipinski definition) is 0. The van der Waals surface area contributed by atoms with E-state index < -0.39 is 0 Å². The number of carbonyl (C=O) groups is 2. The Balaban J connectivity index is 3.01. The molecule has 1 aromatic carbocycles. The fourth-order valence-electron chi connectivity index (χ4n) is 0.836. The summed E-state index contributed by atoms with van der Waals surface area (Å²) in [6, 6.07) is 6.64. The Morgan fingerprint density at radius 1 is 1.08 bits per heavy atom. The molecule has 0 fully saturated rings. The molecule has 12 heavy (non-hydrogen) atoms. The molecule has 0 saturated carbocycles. The van der Waals surface area contributed by atoms with Crippen LogP contribution in [0.4, 0.5) is 0 Å². The fraction of sp³-hybridized carbons (Fsp3) is 0.111. The van der Waals surface area contributed by atoms with Gasteiger partial charge in [0.15, 0.2) is 5.78 Å². The Bertz CT molecular complexity index is 281. The second kappa shape index (κ2) is 3.80. The molecular weight excluding hydrogens is 267 g/mol. The number of ketones is 1. The van der Waals surface area contributed by atoms with Crippen molar-refractivity contribution in [1.29, 1.82) is 0 Å². The zero-order chi connectivity index (χ0) is 9.14. The smallest absolute Gasteiger partial charge is 0.222 e. The van der Waals surface area contributed by atoms with Crippen LogP contribution in [-0.4, -0.2) is 9.57 Å². The van der Waals surface area contributed by atoms with E-state index in [0.717, 1.165) is 0 Å². The summed E-state index contributed by atoms with van der Waals surface area (Å²) < 4.78 is -0.0114. The summed E-state index contributed by atoms with van der Waals surface area (Å²) in [5, 5.41) is 0. The Kier molecular flexibility index (Phi) is 2.97. The highest BCUT2D eigenvalue weighted by atomic mass is 127. The Morgan fingerprint density at radius 2 is 1.50 bits per heavy atom. The molecule has 0 spiro atoms. The highest BCUT2D eigenvalue weighted by Crippen LogP contribution is 2.08. The van der Waals surface area contributed by atoms with Crippen molar-refractivity contribution < 1.29 is 9.59 Å². The van der Waals surface area contributed by atoms with E-state index in [1.165, 1.54) is 6.92 Å². The minimum Gasteiger partial charge on any atom is -0.295 e.